The Morgan fingerprint density at radius 1 is 1.30 bits per heavy atom. The number of aliphatic hydroxyl groups excluding tert-OH is 1. The quantitative estimate of drug-likeness (QED) is 0.372. The first kappa shape index (κ1) is 16.4. The van der Waals surface area contributed by atoms with E-state index < -0.39 is 30.4 Å². The Balaban J connectivity index is 1.38. The zero-order chi connectivity index (χ0) is 16.6. The number of fused-ring (bicyclic) bond motifs is 1. The van der Waals surface area contributed by atoms with Crippen LogP contribution in [-0.4, -0.2) is 85.3 Å². The van der Waals surface area contributed by atoms with Crippen LogP contribution in [0.1, 0.15) is 6.92 Å². The molecule has 8 nitrogen and oxygen atoms in total. The zero-order valence-corrected chi connectivity index (χ0v) is 13.0. The van der Waals surface area contributed by atoms with Gasteiger partial charge in [-0.3, -0.25) is 9.69 Å². The number of ether oxygens (including phenoxy) is 4. The molecule has 3 aliphatic heterocycles. The maximum Gasteiger partial charge on any atom is 0.333 e. The molecule has 0 radical (unpaired) electrons. The molecule has 3 rings (SSSR count). The Hall–Kier alpha value is -1.48. The summed E-state index contributed by atoms with van der Waals surface area (Å²) in [6.45, 7) is 6.78. The Labute approximate surface area is 133 Å². The third kappa shape index (κ3) is 3.55. The van der Waals surface area contributed by atoms with Gasteiger partial charge < -0.3 is 24.1 Å². The molecule has 0 aromatic heterocycles. The highest BCUT2D eigenvalue weighted by molar-refractivity contribution is 5.86. The van der Waals surface area contributed by atoms with Crippen molar-refractivity contribution in [3.05, 3.63) is 12.2 Å². The summed E-state index contributed by atoms with van der Waals surface area (Å²) >= 11 is 0. The van der Waals surface area contributed by atoms with Gasteiger partial charge in [-0.05, 0) is 6.92 Å². The Kier molecular flexibility index (Phi) is 4.67. The van der Waals surface area contributed by atoms with Crippen molar-refractivity contribution in [1.82, 2.24) is 4.90 Å². The van der Waals surface area contributed by atoms with Crippen molar-refractivity contribution in [2.75, 3.05) is 32.9 Å². The lowest BCUT2D eigenvalue weighted by molar-refractivity contribution is -0.154. The van der Waals surface area contributed by atoms with Crippen LogP contribution in [-0.2, 0) is 28.5 Å². The third-order valence-electron chi connectivity index (χ3n) is 4.20. The normalized spacial score (nSPS) is 38.0. The molecule has 0 aromatic rings. The molecule has 0 bridgehead atoms. The largest absolute Gasteiger partial charge is 0.461 e. The van der Waals surface area contributed by atoms with Crippen LogP contribution in [0.4, 0.5) is 0 Å². The van der Waals surface area contributed by atoms with Gasteiger partial charge in [0.2, 0.25) is 0 Å². The zero-order valence-electron chi connectivity index (χ0n) is 13.0. The number of esters is 2. The van der Waals surface area contributed by atoms with Crippen LogP contribution < -0.4 is 0 Å². The van der Waals surface area contributed by atoms with Crippen LogP contribution >= 0.6 is 0 Å². The summed E-state index contributed by atoms with van der Waals surface area (Å²) in [5, 5.41) is 9.65. The average molecular weight is 327 g/mol. The van der Waals surface area contributed by atoms with Crippen LogP contribution in [0.15, 0.2) is 12.2 Å². The van der Waals surface area contributed by atoms with Crippen molar-refractivity contribution in [3.8, 4) is 0 Å². The highest BCUT2D eigenvalue weighted by Crippen LogP contribution is 2.30. The second-order valence-electron chi connectivity index (χ2n) is 6.07. The van der Waals surface area contributed by atoms with Gasteiger partial charge in [-0.1, -0.05) is 6.58 Å². The monoisotopic (exact) mass is 327 g/mol. The van der Waals surface area contributed by atoms with Gasteiger partial charge in [0.1, 0.15) is 31.0 Å². The summed E-state index contributed by atoms with van der Waals surface area (Å²) in [4.78, 5) is 25.2. The summed E-state index contributed by atoms with van der Waals surface area (Å²) in [5.41, 5.74) is 0.348. The first-order valence-corrected chi connectivity index (χ1v) is 7.66. The molecule has 3 aliphatic rings. The Morgan fingerprint density at radius 2 is 2.04 bits per heavy atom. The fourth-order valence-corrected chi connectivity index (χ4v) is 2.80. The van der Waals surface area contributed by atoms with E-state index in [0.717, 1.165) is 0 Å². The first-order valence-electron chi connectivity index (χ1n) is 7.66. The predicted octanol–water partition coefficient (Wildman–Crippen LogP) is -1.14. The third-order valence-corrected chi connectivity index (χ3v) is 4.20. The van der Waals surface area contributed by atoms with Gasteiger partial charge >= 0.3 is 11.9 Å². The number of hydrogen-bond donors (Lipinski definition) is 1. The molecule has 6 atom stereocenters. The van der Waals surface area contributed by atoms with E-state index in [4.69, 9.17) is 18.9 Å². The van der Waals surface area contributed by atoms with Crippen LogP contribution in [0, 0.1) is 0 Å². The minimum absolute atomic E-state index is 0.201. The fourth-order valence-electron chi connectivity index (χ4n) is 2.80. The van der Waals surface area contributed by atoms with Gasteiger partial charge in [-0.2, -0.15) is 0 Å². The molecule has 0 saturated carbocycles. The molecule has 8 heteroatoms. The van der Waals surface area contributed by atoms with Gasteiger partial charge in [-0.25, -0.2) is 4.79 Å². The van der Waals surface area contributed by atoms with Gasteiger partial charge in [0, 0.05) is 18.7 Å². The molecule has 0 spiro atoms. The van der Waals surface area contributed by atoms with E-state index >= 15 is 0 Å². The maximum atomic E-state index is 12.1. The number of nitrogens with zero attached hydrogens (tertiary/aromatic N) is 1. The van der Waals surface area contributed by atoms with Gasteiger partial charge in [0.15, 0.2) is 6.10 Å². The molecule has 5 unspecified atom stereocenters. The molecule has 1 N–H and O–H groups in total. The summed E-state index contributed by atoms with van der Waals surface area (Å²) in [6, 6.07) is -0.316. The number of carbonyl (C=O) groups is 2. The number of aliphatic hydroxyl groups is 1. The molecule has 0 aliphatic carbocycles. The van der Waals surface area contributed by atoms with E-state index in [9.17, 15) is 14.7 Å². The van der Waals surface area contributed by atoms with E-state index in [1.165, 1.54) is 0 Å². The minimum Gasteiger partial charge on any atom is -0.461 e. The summed E-state index contributed by atoms with van der Waals surface area (Å²) in [5.74, 6) is -0.771. The van der Waals surface area contributed by atoms with Crippen LogP contribution in [0.2, 0.25) is 0 Å². The first-order chi connectivity index (χ1) is 11.0. The van der Waals surface area contributed by atoms with Gasteiger partial charge in [0.25, 0.3) is 0 Å². The van der Waals surface area contributed by atoms with Gasteiger partial charge in [0.05, 0.1) is 13.2 Å². The van der Waals surface area contributed by atoms with E-state index in [0.29, 0.717) is 18.7 Å². The molecular weight excluding hydrogens is 306 g/mol. The van der Waals surface area contributed by atoms with Crippen LogP contribution in [0.5, 0.6) is 0 Å². The second kappa shape index (κ2) is 6.56. The number of hydrogen-bond acceptors (Lipinski definition) is 8. The number of rotatable bonds is 6. The lowest BCUT2D eigenvalue weighted by Gasteiger charge is -2.16. The van der Waals surface area contributed by atoms with Crippen molar-refractivity contribution in [3.63, 3.8) is 0 Å². The highest BCUT2D eigenvalue weighted by atomic mass is 16.6. The SMILES string of the molecule is C=C(C)C(=O)OCCN1CC1C(=O)OC1COC2C1OC[C@H]2O. The van der Waals surface area contributed by atoms with E-state index in [1.807, 2.05) is 4.90 Å². The van der Waals surface area contributed by atoms with Gasteiger partial charge in [-0.15, -0.1) is 0 Å². The average Bonchev–Trinajstić information content (AvgIpc) is 3.03. The highest BCUT2D eigenvalue weighted by Gasteiger charge is 2.51. The molecule has 128 valence electrons. The van der Waals surface area contributed by atoms with E-state index in [2.05, 4.69) is 6.58 Å². The predicted molar refractivity (Wildman–Crippen MR) is 76.5 cm³/mol. The van der Waals surface area contributed by atoms with Crippen molar-refractivity contribution in [2.24, 2.45) is 0 Å². The van der Waals surface area contributed by atoms with Crippen molar-refractivity contribution in [1.29, 1.82) is 0 Å². The smallest absolute Gasteiger partial charge is 0.333 e. The molecule has 3 saturated heterocycles. The molecular formula is C15H21NO7. The topological polar surface area (TPSA) is 94.3 Å². The molecule has 23 heavy (non-hydrogen) atoms. The summed E-state index contributed by atoms with van der Waals surface area (Å²) in [6.07, 6.45) is -1.94. The second-order valence-corrected chi connectivity index (χ2v) is 6.07. The van der Waals surface area contributed by atoms with Crippen LogP contribution in [0.3, 0.4) is 0 Å². The molecule has 0 amide bonds. The van der Waals surface area contributed by atoms with E-state index in [-0.39, 0.29) is 31.8 Å². The van der Waals surface area contributed by atoms with Crippen molar-refractivity contribution < 1.29 is 33.6 Å². The maximum absolute atomic E-state index is 12.1. The van der Waals surface area contributed by atoms with Crippen molar-refractivity contribution >= 4 is 11.9 Å². The molecule has 0 aromatic carbocycles. The Morgan fingerprint density at radius 3 is 2.78 bits per heavy atom. The fraction of sp³-hybridized carbons (Fsp3) is 0.733. The summed E-state index contributed by atoms with van der Waals surface area (Å²) in [7, 11) is 0. The molecule has 3 heterocycles. The van der Waals surface area contributed by atoms with Crippen molar-refractivity contribution in [2.45, 2.75) is 37.4 Å². The van der Waals surface area contributed by atoms with E-state index in [1.54, 1.807) is 6.92 Å². The lowest BCUT2D eigenvalue weighted by Crippen LogP contribution is -2.35. The minimum atomic E-state index is -0.663. The number of carbonyl (C=O) groups excluding carboxylic acids is 2. The van der Waals surface area contributed by atoms with Crippen LogP contribution in [0.25, 0.3) is 0 Å². The lowest BCUT2D eigenvalue weighted by atomic mass is 10.1. The molecule has 3 fully saturated rings. The standard InChI is InChI=1S/C15H21NO7/c1-8(2)14(18)20-4-3-16-5-9(16)15(19)23-11-7-22-12-10(17)6-21-13(11)12/h9-13,17H,1,3-7H2,2H3/t9?,10-,11?,12?,13?,16?/m1/s1. The summed E-state index contributed by atoms with van der Waals surface area (Å²) < 4.78 is 21.2. The Bertz CT molecular complexity index is 508.